The number of ether oxygens (including phenoxy) is 1. The quantitative estimate of drug-likeness (QED) is 0.825. The molecule has 2 N–H and O–H groups in total. The van der Waals surface area contributed by atoms with Gasteiger partial charge in [0.05, 0.1) is 12.8 Å². The Bertz CT molecular complexity index is 443. The van der Waals surface area contributed by atoms with E-state index in [0.29, 0.717) is 0 Å². The maximum absolute atomic E-state index is 11.5. The van der Waals surface area contributed by atoms with E-state index in [1.165, 1.54) is 5.56 Å². The first-order valence-electron chi connectivity index (χ1n) is 6.32. The highest BCUT2D eigenvalue weighted by atomic mass is 16.5. The second kappa shape index (κ2) is 6.36. The zero-order valence-electron chi connectivity index (χ0n) is 11.7. The van der Waals surface area contributed by atoms with Crippen LogP contribution in [0.4, 0.5) is 0 Å². The Hall–Kier alpha value is -1.84. The van der Waals surface area contributed by atoms with E-state index in [-0.39, 0.29) is 30.8 Å². The number of amides is 1. The lowest BCUT2D eigenvalue weighted by atomic mass is 9.86. The molecule has 0 atom stereocenters. The van der Waals surface area contributed by atoms with Crippen LogP contribution < -0.4 is 5.73 Å². The van der Waals surface area contributed by atoms with Crippen molar-refractivity contribution in [3.63, 3.8) is 0 Å². The van der Waals surface area contributed by atoms with Gasteiger partial charge in [-0.2, -0.15) is 0 Å². The standard InChI is InChI=1S/C15H21NO3/c1-15(2,3)12-6-4-11(5-7-12)10-14(18)19-9-8-13(16)17/h4-7H,8-10H2,1-3H3,(H2,16,17). The summed E-state index contributed by atoms with van der Waals surface area (Å²) in [5, 5.41) is 0. The van der Waals surface area contributed by atoms with Crippen LogP contribution in [0.3, 0.4) is 0 Å². The normalized spacial score (nSPS) is 11.1. The maximum Gasteiger partial charge on any atom is 0.310 e. The molecule has 4 heteroatoms. The van der Waals surface area contributed by atoms with Gasteiger partial charge in [0.1, 0.15) is 6.61 Å². The molecule has 19 heavy (non-hydrogen) atoms. The summed E-state index contributed by atoms with van der Waals surface area (Å²) in [6.45, 7) is 6.47. The van der Waals surface area contributed by atoms with Gasteiger partial charge in [-0.15, -0.1) is 0 Å². The van der Waals surface area contributed by atoms with Crippen LogP contribution in [0.1, 0.15) is 38.3 Å². The van der Waals surface area contributed by atoms with Gasteiger partial charge in [-0.25, -0.2) is 0 Å². The van der Waals surface area contributed by atoms with Gasteiger partial charge in [0.25, 0.3) is 0 Å². The lowest BCUT2D eigenvalue weighted by Crippen LogP contribution is -2.16. The van der Waals surface area contributed by atoms with E-state index in [9.17, 15) is 9.59 Å². The number of benzene rings is 1. The molecule has 1 aromatic rings. The molecular formula is C15H21NO3. The lowest BCUT2D eigenvalue weighted by molar-refractivity contribution is -0.143. The summed E-state index contributed by atoms with van der Waals surface area (Å²) >= 11 is 0. The molecule has 4 nitrogen and oxygen atoms in total. The van der Waals surface area contributed by atoms with Crippen molar-refractivity contribution < 1.29 is 14.3 Å². The Morgan fingerprint density at radius 1 is 1.16 bits per heavy atom. The molecule has 1 rings (SSSR count). The first kappa shape index (κ1) is 15.2. The highest BCUT2D eigenvalue weighted by Crippen LogP contribution is 2.22. The average Bonchev–Trinajstić information content (AvgIpc) is 2.27. The minimum atomic E-state index is -0.470. The van der Waals surface area contributed by atoms with Gasteiger partial charge in [0, 0.05) is 0 Å². The van der Waals surface area contributed by atoms with Gasteiger partial charge in [-0.05, 0) is 16.5 Å². The zero-order valence-corrected chi connectivity index (χ0v) is 11.7. The Kier molecular flexibility index (Phi) is 5.10. The zero-order chi connectivity index (χ0) is 14.5. The van der Waals surface area contributed by atoms with Crippen molar-refractivity contribution >= 4 is 11.9 Å². The van der Waals surface area contributed by atoms with Crippen LogP contribution in [0.25, 0.3) is 0 Å². The number of rotatable bonds is 5. The number of hydrogen-bond acceptors (Lipinski definition) is 3. The molecule has 0 aliphatic heterocycles. The van der Waals surface area contributed by atoms with Crippen molar-refractivity contribution in [1.82, 2.24) is 0 Å². The van der Waals surface area contributed by atoms with E-state index in [1.807, 2.05) is 24.3 Å². The molecule has 0 heterocycles. The molecular weight excluding hydrogens is 242 g/mol. The largest absolute Gasteiger partial charge is 0.465 e. The van der Waals surface area contributed by atoms with Crippen LogP contribution in [-0.2, 0) is 26.2 Å². The van der Waals surface area contributed by atoms with Crippen molar-refractivity contribution in [3.8, 4) is 0 Å². The summed E-state index contributed by atoms with van der Waals surface area (Å²) in [5.74, 6) is -0.813. The predicted molar refractivity (Wildman–Crippen MR) is 73.6 cm³/mol. The Morgan fingerprint density at radius 2 is 1.74 bits per heavy atom. The minimum Gasteiger partial charge on any atom is -0.465 e. The van der Waals surface area contributed by atoms with Crippen LogP contribution in [-0.4, -0.2) is 18.5 Å². The molecule has 1 amide bonds. The van der Waals surface area contributed by atoms with Crippen molar-refractivity contribution in [2.75, 3.05) is 6.61 Å². The average molecular weight is 263 g/mol. The smallest absolute Gasteiger partial charge is 0.310 e. The van der Waals surface area contributed by atoms with Crippen LogP contribution >= 0.6 is 0 Å². The number of carbonyl (C=O) groups excluding carboxylic acids is 2. The molecule has 0 aliphatic carbocycles. The second-order valence-corrected chi connectivity index (χ2v) is 5.56. The molecule has 1 aromatic carbocycles. The van der Waals surface area contributed by atoms with Crippen LogP contribution in [0.5, 0.6) is 0 Å². The van der Waals surface area contributed by atoms with Crippen molar-refractivity contribution in [3.05, 3.63) is 35.4 Å². The van der Waals surface area contributed by atoms with Gasteiger partial charge in [-0.1, -0.05) is 45.0 Å². The SMILES string of the molecule is CC(C)(C)c1ccc(CC(=O)OCCC(N)=O)cc1. The fraction of sp³-hybridized carbons (Fsp3) is 0.467. The molecule has 0 aliphatic rings. The third-order valence-corrected chi connectivity index (χ3v) is 2.78. The van der Waals surface area contributed by atoms with Crippen molar-refractivity contribution in [2.24, 2.45) is 5.73 Å². The van der Waals surface area contributed by atoms with Crippen molar-refractivity contribution in [1.29, 1.82) is 0 Å². The minimum absolute atomic E-state index is 0.0498. The highest BCUT2D eigenvalue weighted by Gasteiger charge is 2.13. The van der Waals surface area contributed by atoms with Gasteiger partial charge in [0.15, 0.2) is 0 Å². The van der Waals surface area contributed by atoms with E-state index in [4.69, 9.17) is 10.5 Å². The number of esters is 1. The number of primary amides is 1. The molecule has 0 unspecified atom stereocenters. The van der Waals surface area contributed by atoms with Crippen molar-refractivity contribution in [2.45, 2.75) is 39.0 Å². The maximum atomic E-state index is 11.5. The van der Waals surface area contributed by atoms with Gasteiger partial charge in [-0.3, -0.25) is 9.59 Å². The Labute approximate surface area is 113 Å². The van der Waals surface area contributed by atoms with E-state index in [1.54, 1.807) is 0 Å². The van der Waals surface area contributed by atoms with E-state index < -0.39 is 5.91 Å². The summed E-state index contributed by atoms with van der Waals surface area (Å²) in [7, 11) is 0. The molecule has 0 bridgehead atoms. The van der Waals surface area contributed by atoms with Gasteiger partial charge in [0.2, 0.25) is 5.91 Å². The molecule has 104 valence electrons. The summed E-state index contributed by atoms with van der Waals surface area (Å²) < 4.78 is 4.91. The lowest BCUT2D eigenvalue weighted by Gasteiger charge is -2.19. The second-order valence-electron chi connectivity index (χ2n) is 5.56. The topological polar surface area (TPSA) is 69.4 Å². The van der Waals surface area contributed by atoms with E-state index >= 15 is 0 Å². The molecule has 0 spiro atoms. The van der Waals surface area contributed by atoms with Crippen LogP contribution in [0.2, 0.25) is 0 Å². The fourth-order valence-electron chi connectivity index (χ4n) is 1.61. The monoisotopic (exact) mass is 263 g/mol. The summed E-state index contributed by atoms with van der Waals surface area (Å²) in [6, 6.07) is 7.89. The summed E-state index contributed by atoms with van der Waals surface area (Å²) in [4.78, 5) is 22.0. The number of carbonyl (C=O) groups is 2. The predicted octanol–water partition coefficient (Wildman–Crippen LogP) is 1.95. The first-order valence-corrected chi connectivity index (χ1v) is 6.32. The Morgan fingerprint density at radius 3 is 2.21 bits per heavy atom. The first-order chi connectivity index (χ1) is 8.79. The van der Waals surface area contributed by atoms with E-state index in [0.717, 1.165) is 5.56 Å². The molecule has 0 saturated heterocycles. The van der Waals surface area contributed by atoms with Gasteiger partial charge >= 0.3 is 5.97 Å². The summed E-state index contributed by atoms with van der Waals surface area (Å²) in [6.07, 6.45) is 0.276. The van der Waals surface area contributed by atoms with Crippen LogP contribution in [0.15, 0.2) is 24.3 Å². The summed E-state index contributed by atoms with van der Waals surface area (Å²) in [5.41, 5.74) is 7.18. The third kappa shape index (κ3) is 5.55. The molecule has 0 saturated carbocycles. The molecule has 0 fully saturated rings. The Balaban J connectivity index is 2.49. The van der Waals surface area contributed by atoms with Crippen LogP contribution in [0, 0.1) is 0 Å². The number of nitrogens with two attached hydrogens (primary N) is 1. The molecule has 0 aromatic heterocycles. The number of hydrogen-bond donors (Lipinski definition) is 1. The third-order valence-electron chi connectivity index (χ3n) is 2.78. The van der Waals surface area contributed by atoms with E-state index in [2.05, 4.69) is 20.8 Å². The van der Waals surface area contributed by atoms with Gasteiger partial charge < -0.3 is 10.5 Å². The fourth-order valence-corrected chi connectivity index (χ4v) is 1.61. The highest BCUT2D eigenvalue weighted by molar-refractivity contribution is 5.75. The molecule has 0 radical (unpaired) electrons.